The molecule has 9 heteroatoms. The van der Waals surface area contributed by atoms with Gasteiger partial charge in [0.25, 0.3) is 11.8 Å². The van der Waals surface area contributed by atoms with Gasteiger partial charge in [0.1, 0.15) is 17.2 Å². The van der Waals surface area contributed by atoms with Crippen LogP contribution in [-0.2, 0) is 21.7 Å². The van der Waals surface area contributed by atoms with Gasteiger partial charge in [-0.1, -0.05) is 19.0 Å². The van der Waals surface area contributed by atoms with Crippen molar-refractivity contribution in [2.24, 2.45) is 5.92 Å². The van der Waals surface area contributed by atoms with E-state index >= 15 is 0 Å². The molecule has 0 aliphatic carbocycles. The number of carbonyl (C=O) groups is 2. The number of carbonyl (C=O) groups excluding carboxylic acids is 2. The van der Waals surface area contributed by atoms with Gasteiger partial charge >= 0.3 is 0 Å². The second kappa shape index (κ2) is 7.62. The van der Waals surface area contributed by atoms with Crippen molar-refractivity contribution in [3.8, 4) is 0 Å². The van der Waals surface area contributed by atoms with Gasteiger partial charge < -0.3 is 24.0 Å². The number of likely N-dealkylation sites (tertiary alicyclic amines) is 1. The lowest BCUT2D eigenvalue weighted by Gasteiger charge is -2.45. The Morgan fingerprint density at radius 1 is 1.34 bits per heavy atom. The van der Waals surface area contributed by atoms with Gasteiger partial charge in [-0.15, -0.1) is 0 Å². The highest BCUT2D eigenvalue weighted by Crippen LogP contribution is 2.40. The molecule has 2 aromatic rings. The topological polar surface area (TPSA) is 102 Å². The Bertz CT molecular complexity index is 894. The Morgan fingerprint density at radius 2 is 2.10 bits per heavy atom. The number of amides is 2. The summed E-state index contributed by atoms with van der Waals surface area (Å²) in [6, 6.07) is 1.64. The Kier molecular flexibility index (Phi) is 5.16. The average molecular weight is 401 g/mol. The fraction of sp³-hybridized carbons (Fsp3) is 0.600. The van der Waals surface area contributed by atoms with Crippen LogP contribution in [0.15, 0.2) is 23.0 Å². The summed E-state index contributed by atoms with van der Waals surface area (Å²) in [5.74, 6) is 1.55. The number of hydrogen-bond donors (Lipinski definition) is 1. The number of fused-ring (bicyclic) bond motifs is 2. The molecule has 9 nitrogen and oxygen atoms in total. The van der Waals surface area contributed by atoms with Gasteiger partial charge in [0, 0.05) is 50.9 Å². The Balaban J connectivity index is 1.48. The smallest absolute Gasteiger partial charge is 0.276 e. The van der Waals surface area contributed by atoms with Crippen LogP contribution < -0.4 is 5.32 Å². The first-order valence-corrected chi connectivity index (χ1v) is 10.1. The number of hydrogen-bond acceptors (Lipinski definition) is 6. The van der Waals surface area contributed by atoms with Crippen molar-refractivity contribution < 1.29 is 18.8 Å². The highest BCUT2D eigenvalue weighted by molar-refractivity contribution is 5.92. The molecule has 1 spiro atoms. The largest absolute Gasteiger partial charge is 0.361 e. The molecule has 1 N–H and O–H groups in total. The van der Waals surface area contributed by atoms with Gasteiger partial charge in [0.15, 0.2) is 11.8 Å². The van der Waals surface area contributed by atoms with Crippen molar-refractivity contribution in [1.29, 1.82) is 0 Å². The van der Waals surface area contributed by atoms with Crippen LogP contribution in [0.5, 0.6) is 0 Å². The molecule has 0 radical (unpaired) electrons. The minimum Gasteiger partial charge on any atom is -0.361 e. The third-order valence-electron chi connectivity index (χ3n) is 5.54. The monoisotopic (exact) mass is 401 g/mol. The standard InChI is InChI=1S/C20H27N5O4/c1-13(2)11-22-17(26)16-12-25-9-6-21-19(25)20(28-16)4-7-24(8-5-20)18(27)15-10-14(3)29-23-15/h6,9-10,13,16H,4-5,7-8,11-12H2,1-3H3,(H,22,26)/t16-/m1/s1. The lowest BCUT2D eigenvalue weighted by atomic mass is 9.88. The van der Waals surface area contributed by atoms with Crippen LogP contribution in [0.4, 0.5) is 0 Å². The van der Waals surface area contributed by atoms with Crippen molar-refractivity contribution in [2.45, 2.75) is 51.9 Å². The molecule has 0 unspecified atom stereocenters. The van der Waals surface area contributed by atoms with Crippen LogP contribution >= 0.6 is 0 Å². The van der Waals surface area contributed by atoms with Crippen LogP contribution in [0.3, 0.4) is 0 Å². The van der Waals surface area contributed by atoms with E-state index in [1.165, 1.54) is 0 Å². The first kappa shape index (κ1) is 19.6. The summed E-state index contributed by atoms with van der Waals surface area (Å²) in [5.41, 5.74) is -0.353. The van der Waals surface area contributed by atoms with Crippen LogP contribution in [0.1, 0.15) is 48.8 Å². The minimum absolute atomic E-state index is 0.103. The van der Waals surface area contributed by atoms with E-state index in [4.69, 9.17) is 9.26 Å². The molecule has 2 amide bonds. The number of aryl methyl sites for hydroxylation is 1. The van der Waals surface area contributed by atoms with Crippen molar-refractivity contribution in [3.63, 3.8) is 0 Å². The fourth-order valence-electron chi connectivity index (χ4n) is 3.99. The summed E-state index contributed by atoms with van der Waals surface area (Å²) in [4.78, 5) is 31.6. The maximum absolute atomic E-state index is 12.7. The predicted octanol–water partition coefficient (Wildman–Crippen LogP) is 1.48. The molecular weight excluding hydrogens is 374 g/mol. The number of rotatable bonds is 4. The fourth-order valence-corrected chi connectivity index (χ4v) is 3.99. The number of imidazole rings is 1. The Morgan fingerprint density at radius 3 is 2.76 bits per heavy atom. The van der Waals surface area contributed by atoms with E-state index in [0.29, 0.717) is 56.4 Å². The molecule has 2 aliphatic heterocycles. The first-order chi connectivity index (χ1) is 13.9. The molecule has 2 aliphatic rings. The maximum Gasteiger partial charge on any atom is 0.276 e. The van der Waals surface area contributed by atoms with Gasteiger partial charge in [-0.25, -0.2) is 4.98 Å². The molecule has 4 heterocycles. The van der Waals surface area contributed by atoms with Crippen LogP contribution in [0.2, 0.25) is 0 Å². The van der Waals surface area contributed by atoms with E-state index in [-0.39, 0.29) is 11.8 Å². The average Bonchev–Trinajstić information content (AvgIpc) is 3.35. The highest BCUT2D eigenvalue weighted by atomic mass is 16.5. The van der Waals surface area contributed by atoms with Gasteiger partial charge in [-0.3, -0.25) is 9.59 Å². The Labute approximate surface area is 169 Å². The Hall–Kier alpha value is -2.68. The third kappa shape index (κ3) is 3.78. The quantitative estimate of drug-likeness (QED) is 0.833. The molecule has 0 aromatic carbocycles. The molecule has 4 rings (SSSR count). The number of aromatic nitrogens is 3. The predicted molar refractivity (Wildman–Crippen MR) is 103 cm³/mol. The summed E-state index contributed by atoms with van der Waals surface area (Å²) in [6.45, 7) is 7.93. The molecule has 29 heavy (non-hydrogen) atoms. The summed E-state index contributed by atoms with van der Waals surface area (Å²) < 4.78 is 13.4. The first-order valence-electron chi connectivity index (χ1n) is 10.1. The number of nitrogens with zero attached hydrogens (tertiary/aromatic N) is 4. The van der Waals surface area contributed by atoms with E-state index in [2.05, 4.69) is 29.3 Å². The second-order valence-corrected chi connectivity index (χ2v) is 8.26. The summed E-state index contributed by atoms with van der Waals surface area (Å²) in [6.07, 6.45) is 4.19. The number of nitrogens with one attached hydrogen (secondary N) is 1. The van der Waals surface area contributed by atoms with Crippen LogP contribution in [0.25, 0.3) is 0 Å². The van der Waals surface area contributed by atoms with Crippen molar-refractivity contribution >= 4 is 11.8 Å². The third-order valence-corrected chi connectivity index (χ3v) is 5.54. The zero-order valence-corrected chi connectivity index (χ0v) is 17.1. The van der Waals surface area contributed by atoms with E-state index < -0.39 is 11.7 Å². The van der Waals surface area contributed by atoms with Crippen molar-refractivity contribution in [1.82, 2.24) is 24.9 Å². The molecule has 0 bridgehead atoms. The molecular formula is C20H27N5O4. The summed E-state index contributed by atoms with van der Waals surface area (Å²) >= 11 is 0. The lowest BCUT2D eigenvalue weighted by Crippen LogP contribution is -2.55. The van der Waals surface area contributed by atoms with Gasteiger partial charge in [0.2, 0.25) is 0 Å². The zero-order valence-electron chi connectivity index (χ0n) is 17.1. The highest BCUT2D eigenvalue weighted by Gasteiger charge is 2.47. The molecule has 1 fully saturated rings. The van der Waals surface area contributed by atoms with Gasteiger partial charge in [-0.05, 0) is 12.8 Å². The van der Waals surface area contributed by atoms with E-state index in [1.54, 1.807) is 24.1 Å². The zero-order chi connectivity index (χ0) is 20.6. The number of ether oxygens (including phenoxy) is 1. The van der Waals surface area contributed by atoms with Crippen molar-refractivity contribution in [2.75, 3.05) is 19.6 Å². The lowest BCUT2D eigenvalue weighted by molar-refractivity contribution is -0.172. The normalized spacial score (nSPS) is 20.7. The number of piperidine rings is 1. The van der Waals surface area contributed by atoms with Crippen LogP contribution in [-0.4, -0.2) is 57.2 Å². The SMILES string of the molecule is Cc1cc(C(=O)N2CCC3(CC2)O[C@@H](C(=O)NCC(C)C)Cn2ccnc23)no1. The molecule has 1 atom stereocenters. The van der Waals surface area contributed by atoms with Crippen LogP contribution in [0, 0.1) is 12.8 Å². The molecule has 1 saturated heterocycles. The molecule has 156 valence electrons. The van der Waals surface area contributed by atoms with E-state index in [0.717, 1.165) is 5.82 Å². The van der Waals surface area contributed by atoms with Gasteiger partial charge in [-0.2, -0.15) is 0 Å². The van der Waals surface area contributed by atoms with Gasteiger partial charge in [0.05, 0.1) is 6.54 Å². The second-order valence-electron chi connectivity index (χ2n) is 8.26. The maximum atomic E-state index is 12.7. The molecule has 2 aromatic heterocycles. The summed E-state index contributed by atoms with van der Waals surface area (Å²) in [7, 11) is 0. The van der Waals surface area contributed by atoms with E-state index in [1.807, 2.05) is 10.8 Å². The van der Waals surface area contributed by atoms with E-state index in [9.17, 15) is 9.59 Å². The summed E-state index contributed by atoms with van der Waals surface area (Å²) in [5, 5.41) is 6.79. The van der Waals surface area contributed by atoms with Crippen molar-refractivity contribution in [3.05, 3.63) is 35.7 Å². The molecule has 0 saturated carbocycles. The minimum atomic E-state index is -0.669.